The number of benzene rings is 1. The van der Waals surface area contributed by atoms with Gasteiger partial charge in [-0.1, -0.05) is 18.2 Å². The standard InChI is InChI=1S/C18H19N3O4/c1-12-6-3-4-7-15(12)21-17(23)13-10-20(8-5-9-22)11-14(16(13)19-21)18(24)25-2/h3-4,6-7,10-11,22H,5,8-9H2,1-2H3. The Morgan fingerprint density at radius 2 is 2.04 bits per heavy atom. The summed E-state index contributed by atoms with van der Waals surface area (Å²) in [6.45, 7) is 2.39. The molecule has 3 rings (SSSR count). The number of pyridine rings is 1. The quantitative estimate of drug-likeness (QED) is 0.713. The smallest absolute Gasteiger partial charge is 0.341 e. The Hall–Kier alpha value is -2.93. The van der Waals surface area contributed by atoms with Crippen molar-refractivity contribution in [3.63, 3.8) is 0 Å². The summed E-state index contributed by atoms with van der Waals surface area (Å²) >= 11 is 0. The number of aliphatic hydroxyl groups is 1. The predicted molar refractivity (Wildman–Crippen MR) is 92.2 cm³/mol. The van der Waals surface area contributed by atoms with Crippen molar-refractivity contribution in [3.8, 4) is 16.9 Å². The van der Waals surface area contributed by atoms with Crippen molar-refractivity contribution in [2.75, 3.05) is 13.7 Å². The van der Waals surface area contributed by atoms with E-state index >= 15 is 0 Å². The van der Waals surface area contributed by atoms with Crippen LogP contribution in [0.4, 0.5) is 0 Å². The van der Waals surface area contributed by atoms with Crippen LogP contribution >= 0.6 is 0 Å². The molecular formula is C18H19N3O4. The minimum atomic E-state index is -0.558. The van der Waals surface area contributed by atoms with Gasteiger partial charge in [0.05, 0.1) is 18.4 Å². The van der Waals surface area contributed by atoms with Crippen molar-refractivity contribution >= 4 is 5.97 Å². The van der Waals surface area contributed by atoms with Crippen LogP contribution in [0.3, 0.4) is 0 Å². The van der Waals surface area contributed by atoms with Gasteiger partial charge in [-0.25, -0.2) is 4.79 Å². The number of carbonyl (C=O) groups excluding carboxylic acids is 1. The number of carbonyl (C=O) groups is 1. The lowest BCUT2D eigenvalue weighted by atomic mass is 10.1. The molecule has 25 heavy (non-hydrogen) atoms. The average Bonchev–Trinajstić information content (AvgIpc) is 2.96. The predicted octanol–water partition coefficient (Wildman–Crippen LogP) is 1.62. The molecule has 0 spiro atoms. The molecule has 0 aliphatic carbocycles. The van der Waals surface area contributed by atoms with Gasteiger partial charge in [0, 0.05) is 25.5 Å². The van der Waals surface area contributed by atoms with Crippen molar-refractivity contribution < 1.29 is 14.6 Å². The lowest BCUT2D eigenvalue weighted by molar-refractivity contribution is 0.0600. The van der Waals surface area contributed by atoms with Gasteiger partial charge in [0.15, 0.2) is 0 Å². The molecule has 0 amide bonds. The maximum absolute atomic E-state index is 12.9. The minimum absolute atomic E-state index is 0.0191. The summed E-state index contributed by atoms with van der Waals surface area (Å²) in [5.74, 6) is -0.558. The van der Waals surface area contributed by atoms with E-state index in [1.54, 1.807) is 23.0 Å². The third-order valence-electron chi connectivity index (χ3n) is 4.05. The Morgan fingerprint density at radius 1 is 1.28 bits per heavy atom. The van der Waals surface area contributed by atoms with E-state index < -0.39 is 5.97 Å². The van der Waals surface area contributed by atoms with E-state index in [0.717, 1.165) is 5.56 Å². The molecule has 1 N–H and O–H groups in total. The number of hydrogen-bond acceptors (Lipinski definition) is 5. The number of fused-ring (bicyclic) bond motifs is 1. The number of para-hydroxylation sites is 1. The summed E-state index contributed by atoms with van der Waals surface area (Å²) in [7, 11) is 1.29. The number of aliphatic hydroxyl groups excluding tert-OH is 1. The first kappa shape index (κ1) is 16.9. The van der Waals surface area contributed by atoms with Crippen molar-refractivity contribution in [2.24, 2.45) is 0 Å². The summed E-state index contributed by atoms with van der Waals surface area (Å²) in [5, 5.41) is 13.4. The molecule has 2 aliphatic heterocycles. The number of esters is 1. The first-order chi connectivity index (χ1) is 12.1. The highest BCUT2D eigenvalue weighted by Gasteiger charge is 2.25. The normalized spacial score (nSPS) is 11.0. The van der Waals surface area contributed by atoms with E-state index in [2.05, 4.69) is 5.10 Å². The summed E-state index contributed by atoms with van der Waals surface area (Å²) in [5.41, 5.74) is 2.14. The SMILES string of the molecule is COC(=O)c1cn(CCCO)cc2c(=O)n(-c3ccccc3C)nc1-2. The van der Waals surface area contributed by atoms with Crippen molar-refractivity contribution in [2.45, 2.75) is 19.9 Å². The molecule has 7 heteroatoms. The Balaban J connectivity index is 2.25. The molecule has 0 fully saturated rings. The second kappa shape index (κ2) is 6.90. The summed E-state index contributed by atoms with van der Waals surface area (Å²) in [6, 6.07) is 7.41. The fourth-order valence-corrected chi connectivity index (χ4v) is 2.77. The van der Waals surface area contributed by atoms with Gasteiger partial charge in [0.1, 0.15) is 11.3 Å². The Morgan fingerprint density at radius 3 is 2.72 bits per heavy atom. The molecule has 2 aliphatic rings. The molecule has 0 aromatic heterocycles. The van der Waals surface area contributed by atoms with Crippen molar-refractivity contribution in [1.82, 2.24) is 14.3 Å². The average molecular weight is 341 g/mol. The highest BCUT2D eigenvalue weighted by atomic mass is 16.5. The van der Waals surface area contributed by atoms with Crippen LogP contribution in [0, 0.1) is 6.92 Å². The third-order valence-corrected chi connectivity index (χ3v) is 4.05. The Labute approximate surface area is 144 Å². The van der Waals surface area contributed by atoms with Crippen LogP contribution in [0.5, 0.6) is 0 Å². The van der Waals surface area contributed by atoms with E-state index in [-0.39, 0.29) is 17.7 Å². The fraction of sp³-hybridized carbons (Fsp3) is 0.278. The molecule has 0 atom stereocenters. The van der Waals surface area contributed by atoms with E-state index in [9.17, 15) is 9.59 Å². The number of methoxy groups -OCH3 is 1. The van der Waals surface area contributed by atoms with Crippen LogP contribution in [-0.4, -0.2) is 39.1 Å². The molecule has 7 nitrogen and oxygen atoms in total. The molecule has 0 saturated heterocycles. The molecule has 0 unspecified atom stereocenters. The summed E-state index contributed by atoms with van der Waals surface area (Å²) in [6.07, 6.45) is 3.76. The van der Waals surface area contributed by atoms with Crippen LogP contribution in [0.15, 0.2) is 41.5 Å². The molecule has 2 heterocycles. The number of ether oxygens (including phenoxy) is 1. The van der Waals surface area contributed by atoms with Crippen molar-refractivity contribution in [1.29, 1.82) is 0 Å². The van der Waals surface area contributed by atoms with E-state index in [4.69, 9.17) is 9.84 Å². The maximum atomic E-state index is 12.9. The van der Waals surface area contributed by atoms with Crippen LogP contribution in [0.2, 0.25) is 0 Å². The lowest BCUT2D eigenvalue weighted by Gasteiger charge is -2.10. The van der Waals surface area contributed by atoms with Crippen LogP contribution in [0.25, 0.3) is 16.9 Å². The number of nitrogens with zero attached hydrogens (tertiary/aromatic N) is 3. The van der Waals surface area contributed by atoms with Gasteiger partial charge in [-0.15, -0.1) is 0 Å². The Bertz CT molecular complexity index is 942. The molecule has 1 aromatic carbocycles. The van der Waals surface area contributed by atoms with Gasteiger partial charge >= 0.3 is 5.97 Å². The molecule has 1 aromatic rings. The second-order valence-corrected chi connectivity index (χ2v) is 5.74. The molecule has 0 bridgehead atoms. The zero-order chi connectivity index (χ0) is 18.0. The van der Waals surface area contributed by atoms with Gasteiger partial charge in [-0.2, -0.15) is 9.78 Å². The van der Waals surface area contributed by atoms with Gasteiger partial charge in [0.2, 0.25) is 0 Å². The lowest BCUT2D eigenvalue weighted by Crippen LogP contribution is -2.16. The molecule has 0 saturated carbocycles. The molecule has 0 radical (unpaired) electrons. The maximum Gasteiger partial charge on any atom is 0.341 e. The number of rotatable bonds is 5. The second-order valence-electron chi connectivity index (χ2n) is 5.74. The van der Waals surface area contributed by atoms with Gasteiger partial charge in [-0.05, 0) is 25.0 Å². The molecule has 130 valence electrons. The van der Waals surface area contributed by atoms with Crippen LogP contribution < -0.4 is 5.56 Å². The fourth-order valence-electron chi connectivity index (χ4n) is 2.77. The first-order valence-corrected chi connectivity index (χ1v) is 7.94. The van der Waals surface area contributed by atoms with E-state index in [1.807, 2.05) is 25.1 Å². The minimum Gasteiger partial charge on any atom is -0.465 e. The van der Waals surface area contributed by atoms with Gasteiger partial charge < -0.3 is 14.4 Å². The van der Waals surface area contributed by atoms with Crippen LogP contribution in [0.1, 0.15) is 22.3 Å². The van der Waals surface area contributed by atoms with E-state index in [0.29, 0.717) is 29.9 Å². The Kier molecular flexibility index (Phi) is 4.67. The monoisotopic (exact) mass is 341 g/mol. The van der Waals surface area contributed by atoms with E-state index in [1.165, 1.54) is 11.8 Å². The summed E-state index contributed by atoms with van der Waals surface area (Å²) in [4.78, 5) is 25.0. The van der Waals surface area contributed by atoms with Gasteiger partial charge in [0.25, 0.3) is 5.56 Å². The molecular weight excluding hydrogens is 322 g/mol. The number of aromatic nitrogens is 3. The van der Waals surface area contributed by atoms with Crippen LogP contribution in [-0.2, 0) is 11.3 Å². The van der Waals surface area contributed by atoms with Crippen molar-refractivity contribution in [3.05, 3.63) is 58.1 Å². The largest absolute Gasteiger partial charge is 0.465 e. The first-order valence-electron chi connectivity index (χ1n) is 7.94. The number of aryl methyl sites for hydroxylation is 2. The van der Waals surface area contributed by atoms with Gasteiger partial charge in [-0.3, -0.25) is 4.79 Å². The summed E-state index contributed by atoms with van der Waals surface area (Å²) < 4.78 is 7.84. The zero-order valence-corrected chi connectivity index (χ0v) is 14.1. The number of hydrogen-bond donors (Lipinski definition) is 1. The topological polar surface area (TPSA) is 86.4 Å². The zero-order valence-electron chi connectivity index (χ0n) is 14.1. The highest BCUT2D eigenvalue weighted by molar-refractivity contribution is 5.96. The third kappa shape index (κ3) is 3.06. The highest BCUT2D eigenvalue weighted by Crippen LogP contribution is 2.23.